The minimum atomic E-state index is -1.78. The first-order valence-electron chi connectivity index (χ1n) is 8.60. The first-order valence-corrected chi connectivity index (χ1v) is 10.8. The van der Waals surface area contributed by atoms with Crippen LogP contribution in [0.25, 0.3) is 0 Å². The lowest BCUT2D eigenvalue weighted by atomic mass is 10.2. The van der Waals surface area contributed by atoms with Crippen molar-refractivity contribution in [1.29, 1.82) is 0 Å². The lowest BCUT2D eigenvalue weighted by Gasteiger charge is -2.26. The van der Waals surface area contributed by atoms with Crippen LogP contribution < -0.4 is 28.3 Å². The Morgan fingerprint density at radius 1 is 0.692 bits per heavy atom. The van der Waals surface area contributed by atoms with E-state index in [1.165, 1.54) is 15.9 Å². The number of ether oxygens (including phenoxy) is 2. The van der Waals surface area contributed by atoms with Gasteiger partial charge in [-0.05, 0) is 36.4 Å². The smallest absolute Gasteiger partial charge is 0.187 e. The molecule has 134 valence electrons. The normalized spacial score (nSPS) is 14.8. The maximum atomic E-state index is 5.84. The second kappa shape index (κ2) is 8.33. The molecule has 1 aliphatic heterocycles. The van der Waals surface area contributed by atoms with E-state index in [1.54, 1.807) is 0 Å². The van der Waals surface area contributed by atoms with Gasteiger partial charge in [-0.1, -0.05) is 48.5 Å². The van der Waals surface area contributed by atoms with Crippen LogP contribution in [0.15, 0.2) is 84.9 Å². The highest BCUT2D eigenvalue weighted by molar-refractivity contribution is 7.95. The van der Waals surface area contributed by atoms with Gasteiger partial charge in [-0.25, -0.2) is 0 Å². The second-order valence-corrected chi connectivity index (χ2v) is 9.84. The summed E-state index contributed by atoms with van der Waals surface area (Å²) < 4.78 is 11.7. The van der Waals surface area contributed by atoms with E-state index in [-0.39, 0.29) is 18.7 Å². The number of rotatable bonds is 4. The zero-order valence-electron chi connectivity index (χ0n) is 14.7. The van der Waals surface area contributed by atoms with Gasteiger partial charge in [0.1, 0.15) is 23.2 Å². The Labute approximate surface area is 161 Å². The highest BCUT2D eigenvalue weighted by Crippen LogP contribution is 2.53. The molecule has 0 bridgehead atoms. The van der Waals surface area contributed by atoms with Gasteiger partial charge in [0, 0.05) is 0 Å². The van der Waals surface area contributed by atoms with E-state index in [2.05, 4.69) is 91.6 Å². The predicted octanol–water partition coefficient (Wildman–Crippen LogP) is 0.660. The minimum absolute atomic E-state index is 0. The van der Waals surface area contributed by atoms with Gasteiger partial charge in [0.05, 0.1) is 25.4 Å². The summed E-state index contributed by atoms with van der Waals surface area (Å²) in [4.78, 5) is 0. The van der Waals surface area contributed by atoms with Crippen LogP contribution in [0.2, 0.25) is 0 Å². The zero-order chi connectivity index (χ0) is 17.1. The van der Waals surface area contributed by atoms with Gasteiger partial charge in [-0.3, -0.25) is 0 Å². The summed E-state index contributed by atoms with van der Waals surface area (Å²) in [5.74, 6) is 0. The number of hydrogen-bond acceptors (Lipinski definition) is 2. The Bertz CT molecular complexity index is 794. The van der Waals surface area contributed by atoms with Crippen LogP contribution in [0.5, 0.6) is 0 Å². The lowest BCUT2D eigenvalue weighted by molar-refractivity contribution is -0.0433. The topological polar surface area (TPSA) is 18.5 Å². The quantitative estimate of drug-likeness (QED) is 0.615. The standard InChI is InChI=1S/C22H22O2P.ClH/c1-25(18-10-4-2-5-11-18,19-12-6-3-7-13-19)21-15-9-8-14-20(21)22-23-16-17-24-22;/h2-15,22H,16-17H2,1H3;1H/q+1;/p-1. The van der Waals surface area contributed by atoms with Gasteiger partial charge in [-0.15, -0.1) is 0 Å². The third kappa shape index (κ3) is 3.43. The van der Waals surface area contributed by atoms with E-state index in [1.807, 2.05) is 0 Å². The van der Waals surface area contributed by atoms with E-state index >= 15 is 0 Å². The SMILES string of the molecule is C[P+](c1ccccc1)(c1ccccc1)c1ccccc1C1OCCO1.[Cl-]. The predicted molar refractivity (Wildman–Crippen MR) is 106 cm³/mol. The zero-order valence-corrected chi connectivity index (χ0v) is 16.4. The lowest BCUT2D eigenvalue weighted by Crippen LogP contribution is -3.00. The van der Waals surface area contributed by atoms with Gasteiger partial charge in [0.2, 0.25) is 0 Å². The van der Waals surface area contributed by atoms with Crippen molar-refractivity contribution in [3.05, 3.63) is 90.5 Å². The number of halogens is 1. The molecule has 0 amide bonds. The molecular weight excluding hydrogens is 363 g/mol. The summed E-state index contributed by atoms with van der Waals surface area (Å²) in [5, 5.41) is 4.07. The van der Waals surface area contributed by atoms with Crippen LogP contribution in [-0.4, -0.2) is 19.9 Å². The largest absolute Gasteiger partial charge is 1.00 e. The van der Waals surface area contributed by atoms with E-state index in [0.717, 1.165) is 5.56 Å². The molecule has 0 radical (unpaired) electrons. The summed E-state index contributed by atoms with van der Waals surface area (Å²) in [6.45, 7) is 3.71. The van der Waals surface area contributed by atoms with Gasteiger partial charge in [-0.2, -0.15) is 0 Å². The Morgan fingerprint density at radius 3 is 1.69 bits per heavy atom. The molecule has 2 nitrogen and oxygen atoms in total. The molecular formula is C22H22ClO2P. The summed E-state index contributed by atoms with van der Waals surface area (Å²) in [6.07, 6.45) is -0.261. The Morgan fingerprint density at radius 2 is 1.15 bits per heavy atom. The Hall–Kier alpha value is -1.70. The second-order valence-electron chi connectivity index (χ2n) is 6.31. The van der Waals surface area contributed by atoms with Gasteiger partial charge in [0.25, 0.3) is 0 Å². The highest BCUT2D eigenvalue weighted by atomic mass is 35.5. The summed E-state index contributed by atoms with van der Waals surface area (Å²) in [6, 6.07) is 30.2. The van der Waals surface area contributed by atoms with Crippen LogP contribution in [-0.2, 0) is 9.47 Å². The van der Waals surface area contributed by atoms with Gasteiger partial charge >= 0.3 is 0 Å². The molecule has 0 aromatic heterocycles. The molecule has 0 aliphatic carbocycles. The maximum Gasteiger partial charge on any atom is 0.187 e. The molecule has 26 heavy (non-hydrogen) atoms. The molecule has 4 rings (SSSR count). The van der Waals surface area contributed by atoms with Crippen molar-refractivity contribution in [2.45, 2.75) is 6.29 Å². The van der Waals surface area contributed by atoms with Crippen LogP contribution >= 0.6 is 7.26 Å². The molecule has 3 aromatic carbocycles. The fourth-order valence-corrected chi connectivity index (χ4v) is 6.98. The summed E-state index contributed by atoms with van der Waals surface area (Å²) in [5.41, 5.74) is 1.16. The molecule has 0 spiro atoms. The van der Waals surface area contributed by atoms with Crippen LogP contribution in [0, 0.1) is 0 Å². The molecule has 1 heterocycles. The average Bonchev–Trinajstić information content (AvgIpc) is 3.23. The molecule has 1 aliphatic rings. The fraction of sp³-hybridized carbons (Fsp3) is 0.182. The molecule has 1 saturated heterocycles. The summed E-state index contributed by atoms with van der Waals surface area (Å²) in [7, 11) is -1.78. The van der Waals surface area contributed by atoms with Crippen molar-refractivity contribution in [2.75, 3.05) is 19.9 Å². The van der Waals surface area contributed by atoms with E-state index in [0.29, 0.717) is 13.2 Å². The van der Waals surface area contributed by atoms with Gasteiger partial charge < -0.3 is 21.9 Å². The Kier molecular flexibility index (Phi) is 6.11. The molecule has 4 heteroatoms. The first-order chi connectivity index (χ1) is 12.3. The number of hydrogen-bond donors (Lipinski definition) is 0. The molecule has 1 fully saturated rings. The highest BCUT2D eigenvalue weighted by Gasteiger charge is 2.43. The first kappa shape index (κ1) is 19.1. The molecule has 0 saturated carbocycles. The fourth-order valence-electron chi connectivity index (χ4n) is 3.51. The molecule has 0 unspecified atom stereocenters. The van der Waals surface area contributed by atoms with Crippen LogP contribution in [0.3, 0.4) is 0 Å². The van der Waals surface area contributed by atoms with E-state index in [4.69, 9.17) is 9.47 Å². The van der Waals surface area contributed by atoms with Crippen LogP contribution in [0.1, 0.15) is 11.9 Å². The molecule has 0 atom stereocenters. The van der Waals surface area contributed by atoms with Crippen LogP contribution in [0.4, 0.5) is 0 Å². The maximum absolute atomic E-state index is 5.84. The Balaban J connectivity index is 0.00000196. The molecule has 3 aromatic rings. The summed E-state index contributed by atoms with van der Waals surface area (Å²) >= 11 is 0. The van der Waals surface area contributed by atoms with Crippen molar-refractivity contribution >= 4 is 23.2 Å². The minimum Gasteiger partial charge on any atom is -1.00 e. The van der Waals surface area contributed by atoms with Crippen molar-refractivity contribution < 1.29 is 21.9 Å². The molecule has 0 N–H and O–H groups in total. The third-order valence-electron chi connectivity index (χ3n) is 4.84. The monoisotopic (exact) mass is 384 g/mol. The average molecular weight is 385 g/mol. The van der Waals surface area contributed by atoms with Crippen molar-refractivity contribution in [3.8, 4) is 0 Å². The third-order valence-corrected chi connectivity index (χ3v) is 8.87. The van der Waals surface area contributed by atoms with E-state index < -0.39 is 7.26 Å². The van der Waals surface area contributed by atoms with Crippen molar-refractivity contribution in [1.82, 2.24) is 0 Å². The van der Waals surface area contributed by atoms with Crippen molar-refractivity contribution in [3.63, 3.8) is 0 Å². The number of benzene rings is 3. The van der Waals surface area contributed by atoms with Crippen molar-refractivity contribution in [2.24, 2.45) is 0 Å². The van der Waals surface area contributed by atoms with Gasteiger partial charge in [0.15, 0.2) is 6.29 Å². The van der Waals surface area contributed by atoms with E-state index in [9.17, 15) is 0 Å².